The fraction of sp³-hybridized carbons (Fsp3) is 0.100. The molecule has 12 heteroatoms. The van der Waals surface area contributed by atoms with Crippen molar-refractivity contribution in [2.45, 2.75) is 6.92 Å². The number of hydrazine groups is 1. The van der Waals surface area contributed by atoms with Crippen LogP contribution >= 0.6 is 0 Å². The number of hydrogen-bond acceptors (Lipinski definition) is 9. The SMILES string of the molecule is COc1ccccc1C(=O)NNc1ncnc(Nc2ccc(NC(C)=O)cc2)c1[N+](=O)[O-]. The van der Waals surface area contributed by atoms with Gasteiger partial charge in [0.15, 0.2) is 0 Å². The highest BCUT2D eigenvalue weighted by molar-refractivity contribution is 5.97. The van der Waals surface area contributed by atoms with Gasteiger partial charge >= 0.3 is 5.69 Å². The molecule has 4 N–H and O–H groups in total. The van der Waals surface area contributed by atoms with Crippen LogP contribution in [-0.4, -0.2) is 33.8 Å². The Kier molecular flexibility index (Phi) is 6.75. The zero-order valence-corrected chi connectivity index (χ0v) is 17.1. The highest BCUT2D eigenvalue weighted by atomic mass is 16.6. The van der Waals surface area contributed by atoms with Crippen LogP contribution in [0, 0.1) is 10.1 Å². The Morgan fingerprint density at radius 2 is 1.66 bits per heavy atom. The third-order valence-corrected chi connectivity index (χ3v) is 4.12. The van der Waals surface area contributed by atoms with Crippen LogP contribution in [0.4, 0.5) is 28.7 Å². The molecule has 2 amide bonds. The molecule has 0 aliphatic heterocycles. The van der Waals surface area contributed by atoms with Gasteiger partial charge in [0.25, 0.3) is 5.91 Å². The zero-order chi connectivity index (χ0) is 23.1. The van der Waals surface area contributed by atoms with Crippen LogP contribution in [0.15, 0.2) is 54.9 Å². The van der Waals surface area contributed by atoms with E-state index in [2.05, 4.69) is 31.5 Å². The lowest BCUT2D eigenvalue weighted by Gasteiger charge is -2.12. The Hall–Kier alpha value is -4.74. The highest BCUT2D eigenvalue weighted by Crippen LogP contribution is 2.31. The minimum absolute atomic E-state index is 0.0914. The van der Waals surface area contributed by atoms with Gasteiger partial charge in [-0.05, 0) is 36.4 Å². The molecule has 0 radical (unpaired) electrons. The third-order valence-electron chi connectivity index (χ3n) is 4.12. The lowest BCUT2D eigenvalue weighted by molar-refractivity contribution is -0.383. The van der Waals surface area contributed by atoms with Crippen LogP contribution in [0.2, 0.25) is 0 Å². The fourth-order valence-electron chi connectivity index (χ4n) is 2.73. The molecular weight excluding hydrogens is 418 g/mol. The fourth-order valence-corrected chi connectivity index (χ4v) is 2.73. The number of amides is 2. The first-order valence-electron chi connectivity index (χ1n) is 9.22. The van der Waals surface area contributed by atoms with Crippen molar-refractivity contribution in [3.8, 4) is 5.75 Å². The van der Waals surface area contributed by atoms with E-state index in [4.69, 9.17) is 4.74 Å². The second kappa shape index (κ2) is 9.84. The summed E-state index contributed by atoms with van der Waals surface area (Å²) in [6, 6.07) is 13.0. The van der Waals surface area contributed by atoms with Crippen LogP contribution < -0.4 is 26.2 Å². The topological polar surface area (TPSA) is 160 Å². The van der Waals surface area contributed by atoms with E-state index in [1.54, 1.807) is 48.5 Å². The number of carbonyl (C=O) groups excluding carboxylic acids is 2. The van der Waals surface area contributed by atoms with Crippen LogP contribution in [0.25, 0.3) is 0 Å². The number of anilines is 4. The van der Waals surface area contributed by atoms with Crippen molar-refractivity contribution in [3.63, 3.8) is 0 Å². The zero-order valence-electron chi connectivity index (χ0n) is 17.1. The number of nitrogens with one attached hydrogen (secondary N) is 4. The van der Waals surface area contributed by atoms with Gasteiger partial charge in [-0.1, -0.05) is 12.1 Å². The van der Waals surface area contributed by atoms with Crippen molar-refractivity contribution in [3.05, 3.63) is 70.5 Å². The van der Waals surface area contributed by atoms with Gasteiger partial charge in [0.2, 0.25) is 17.5 Å². The predicted octanol–water partition coefficient (Wildman–Crippen LogP) is 2.85. The first-order valence-corrected chi connectivity index (χ1v) is 9.22. The van der Waals surface area contributed by atoms with E-state index >= 15 is 0 Å². The molecule has 32 heavy (non-hydrogen) atoms. The summed E-state index contributed by atoms with van der Waals surface area (Å²) >= 11 is 0. The molecule has 0 aliphatic rings. The van der Waals surface area contributed by atoms with Gasteiger partial charge < -0.3 is 15.4 Å². The van der Waals surface area contributed by atoms with Crippen molar-refractivity contribution in [2.24, 2.45) is 0 Å². The Morgan fingerprint density at radius 3 is 2.31 bits per heavy atom. The number of ether oxygens (including phenoxy) is 1. The summed E-state index contributed by atoms with van der Waals surface area (Å²) < 4.78 is 5.14. The largest absolute Gasteiger partial charge is 0.496 e. The number of methoxy groups -OCH3 is 1. The van der Waals surface area contributed by atoms with Gasteiger partial charge in [-0.25, -0.2) is 9.97 Å². The molecule has 0 unspecified atom stereocenters. The van der Waals surface area contributed by atoms with Crippen LogP contribution in [-0.2, 0) is 4.79 Å². The summed E-state index contributed by atoms with van der Waals surface area (Å²) in [5.74, 6) is -0.757. The Bertz CT molecular complexity index is 1150. The second-order valence-corrected chi connectivity index (χ2v) is 6.34. The van der Waals surface area contributed by atoms with E-state index in [-0.39, 0.29) is 23.1 Å². The van der Waals surface area contributed by atoms with E-state index < -0.39 is 16.5 Å². The maximum Gasteiger partial charge on any atom is 0.355 e. The second-order valence-electron chi connectivity index (χ2n) is 6.34. The minimum atomic E-state index is -0.675. The third kappa shape index (κ3) is 5.24. The van der Waals surface area contributed by atoms with Crippen molar-refractivity contribution >= 4 is 40.5 Å². The molecule has 3 rings (SSSR count). The van der Waals surface area contributed by atoms with Crippen LogP contribution in [0.3, 0.4) is 0 Å². The molecule has 1 aromatic heterocycles. The monoisotopic (exact) mass is 437 g/mol. The molecule has 12 nitrogen and oxygen atoms in total. The molecule has 2 aromatic carbocycles. The Morgan fingerprint density at radius 1 is 1.00 bits per heavy atom. The maximum absolute atomic E-state index is 12.5. The minimum Gasteiger partial charge on any atom is -0.496 e. The molecule has 0 fully saturated rings. The molecule has 0 bridgehead atoms. The number of nitrogens with zero attached hydrogens (tertiary/aromatic N) is 3. The van der Waals surface area contributed by atoms with Crippen LogP contribution in [0.5, 0.6) is 5.75 Å². The molecule has 164 valence electrons. The van der Waals surface area contributed by atoms with Crippen molar-refractivity contribution < 1.29 is 19.2 Å². The first-order chi connectivity index (χ1) is 15.4. The van der Waals surface area contributed by atoms with E-state index in [1.165, 1.54) is 14.0 Å². The lowest BCUT2D eigenvalue weighted by atomic mass is 10.2. The van der Waals surface area contributed by atoms with Gasteiger partial charge in [0, 0.05) is 18.3 Å². The van der Waals surface area contributed by atoms with E-state index in [9.17, 15) is 19.7 Å². The number of aromatic nitrogens is 2. The first kappa shape index (κ1) is 22.0. The van der Waals surface area contributed by atoms with E-state index in [1.807, 2.05) is 0 Å². The number of benzene rings is 2. The highest BCUT2D eigenvalue weighted by Gasteiger charge is 2.24. The molecule has 1 heterocycles. The quantitative estimate of drug-likeness (QED) is 0.307. The van der Waals surface area contributed by atoms with E-state index in [0.717, 1.165) is 6.33 Å². The molecule has 0 saturated carbocycles. The summed E-state index contributed by atoms with van der Waals surface area (Å²) in [6.45, 7) is 1.39. The van der Waals surface area contributed by atoms with Crippen molar-refractivity contribution in [1.29, 1.82) is 0 Å². The molecule has 0 saturated heterocycles. The van der Waals surface area contributed by atoms with Gasteiger partial charge in [0.1, 0.15) is 12.1 Å². The van der Waals surface area contributed by atoms with Gasteiger partial charge in [-0.3, -0.25) is 30.6 Å². The Balaban J connectivity index is 1.79. The normalized spacial score (nSPS) is 10.1. The molecule has 3 aromatic rings. The average Bonchev–Trinajstić information content (AvgIpc) is 2.78. The number of rotatable bonds is 8. The summed E-state index contributed by atoms with van der Waals surface area (Å²) in [5.41, 5.74) is 5.66. The molecular formula is C20H19N7O5. The number of para-hydroxylation sites is 1. The number of nitro groups is 1. The summed E-state index contributed by atoms with van der Waals surface area (Å²) in [5, 5.41) is 17.1. The van der Waals surface area contributed by atoms with Crippen molar-refractivity contribution in [2.75, 3.05) is 23.2 Å². The lowest BCUT2D eigenvalue weighted by Crippen LogP contribution is -2.30. The van der Waals surface area contributed by atoms with Gasteiger partial charge in [-0.2, -0.15) is 0 Å². The summed E-state index contributed by atoms with van der Waals surface area (Å²) in [4.78, 5) is 42.4. The molecule has 0 spiro atoms. The van der Waals surface area contributed by atoms with Crippen molar-refractivity contribution in [1.82, 2.24) is 15.4 Å². The average molecular weight is 437 g/mol. The van der Waals surface area contributed by atoms with E-state index in [0.29, 0.717) is 17.1 Å². The van der Waals surface area contributed by atoms with Gasteiger partial charge in [-0.15, -0.1) is 0 Å². The number of carbonyl (C=O) groups is 2. The standard InChI is InChI=1S/C20H19N7O5/c1-12(28)23-13-7-9-14(10-8-13)24-18-17(27(30)31)19(22-11-21-18)25-26-20(29)15-5-3-4-6-16(15)32-2/h3-11H,1-2H3,(H,23,28)(H,26,29)(H2,21,22,24,25). The number of hydrogen-bond donors (Lipinski definition) is 4. The molecule has 0 atom stereocenters. The Labute approximate surface area is 182 Å². The summed E-state index contributed by atoms with van der Waals surface area (Å²) in [7, 11) is 1.43. The van der Waals surface area contributed by atoms with Gasteiger partial charge in [0.05, 0.1) is 17.6 Å². The van der Waals surface area contributed by atoms with Crippen LogP contribution in [0.1, 0.15) is 17.3 Å². The maximum atomic E-state index is 12.5. The summed E-state index contributed by atoms with van der Waals surface area (Å²) in [6.07, 6.45) is 1.11. The predicted molar refractivity (Wildman–Crippen MR) is 117 cm³/mol. The smallest absolute Gasteiger partial charge is 0.355 e. The molecule has 0 aliphatic carbocycles.